The van der Waals surface area contributed by atoms with E-state index in [2.05, 4.69) is 26.7 Å². The van der Waals surface area contributed by atoms with Gasteiger partial charge < -0.3 is 5.11 Å². The summed E-state index contributed by atoms with van der Waals surface area (Å²) in [4.78, 5) is 11.1. The Balaban J connectivity index is 2.03. The summed E-state index contributed by atoms with van der Waals surface area (Å²) < 4.78 is 0. The molecule has 0 radical (unpaired) electrons. The van der Waals surface area contributed by atoms with E-state index < -0.39 is 0 Å². The minimum atomic E-state index is 0.253. The van der Waals surface area contributed by atoms with E-state index in [4.69, 9.17) is 5.11 Å². The highest BCUT2D eigenvalue weighted by Crippen LogP contribution is 2.44. The normalized spacial score (nSPS) is 16.7. The monoisotopic (exact) mass is 376 g/mol. The Kier molecular flexibility index (Phi) is 12.7. The highest BCUT2D eigenvalue weighted by atomic mass is 16.2. The van der Waals surface area contributed by atoms with Gasteiger partial charge in [-0.2, -0.15) is 0 Å². The van der Waals surface area contributed by atoms with Crippen molar-refractivity contribution in [2.75, 3.05) is 6.61 Å². The molecule has 0 bridgehead atoms. The van der Waals surface area contributed by atoms with E-state index in [0.29, 0.717) is 6.61 Å². The maximum absolute atomic E-state index is 11.1. The minimum Gasteiger partial charge on any atom is -0.396 e. The van der Waals surface area contributed by atoms with E-state index in [1.165, 1.54) is 88.2 Å². The average Bonchev–Trinajstić information content (AvgIpc) is 2.64. The van der Waals surface area contributed by atoms with Crippen molar-refractivity contribution in [2.24, 2.45) is 5.41 Å². The molecular weight excluding hydrogens is 332 g/mol. The molecule has 156 valence electrons. The highest BCUT2D eigenvalue weighted by Gasteiger charge is 2.30. The fourth-order valence-corrected chi connectivity index (χ4v) is 4.48. The Labute approximate surface area is 168 Å². The summed E-state index contributed by atoms with van der Waals surface area (Å²) in [6.45, 7) is 7.15. The van der Waals surface area contributed by atoms with Crippen molar-refractivity contribution in [3.05, 3.63) is 16.7 Å². The molecule has 0 amide bonds. The first-order chi connectivity index (χ1) is 13.0. The smallest absolute Gasteiger partial charge is 0.128 e. The SMILES string of the molecule is CC1=C(CCCCCCCCCCCCCCCO)C(C)(C)CCC1=C=O. The summed E-state index contributed by atoms with van der Waals surface area (Å²) >= 11 is 0. The van der Waals surface area contributed by atoms with Gasteiger partial charge in [0.15, 0.2) is 0 Å². The number of unbranched alkanes of at least 4 members (excludes halogenated alkanes) is 12. The lowest BCUT2D eigenvalue weighted by Crippen LogP contribution is -2.21. The third kappa shape index (κ3) is 9.77. The predicted molar refractivity (Wildman–Crippen MR) is 117 cm³/mol. The maximum Gasteiger partial charge on any atom is 0.128 e. The number of aliphatic hydroxyl groups is 1. The molecule has 2 heteroatoms. The largest absolute Gasteiger partial charge is 0.396 e. The van der Waals surface area contributed by atoms with Crippen molar-refractivity contribution >= 4 is 5.94 Å². The number of allylic oxidation sites excluding steroid dienone is 3. The average molecular weight is 377 g/mol. The molecule has 2 nitrogen and oxygen atoms in total. The molecule has 0 atom stereocenters. The molecule has 0 aromatic rings. The molecule has 0 spiro atoms. The first-order valence-electron chi connectivity index (χ1n) is 11.6. The lowest BCUT2D eigenvalue weighted by Gasteiger charge is -2.35. The Hall–Kier alpha value is -0.850. The van der Waals surface area contributed by atoms with Crippen LogP contribution in [-0.2, 0) is 4.79 Å². The second kappa shape index (κ2) is 14.2. The second-order valence-electron chi connectivity index (χ2n) is 9.14. The van der Waals surface area contributed by atoms with Crippen molar-refractivity contribution < 1.29 is 9.90 Å². The van der Waals surface area contributed by atoms with Crippen LogP contribution in [-0.4, -0.2) is 17.7 Å². The summed E-state index contributed by atoms with van der Waals surface area (Å²) in [5.41, 5.74) is 3.91. The van der Waals surface area contributed by atoms with Crippen LogP contribution in [0.1, 0.15) is 124 Å². The summed E-state index contributed by atoms with van der Waals surface area (Å²) in [7, 11) is 0. The van der Waals surface area contributed by atoms with Crippen molar-refractivity contribution in [3.63, 3.8) is 0 Å². The van der Waals surface area contributed by atoms with E-state index in [9.17, 15) is 4.79 Å². The quantitative estimate of drug-likeness (QED) is 0.240. The van der Waals surface area contributed by atoms with Crippen LogP contribution in [0.15, 0.2) is 16.7 Å². The molecule has 1 aliphatic carbocycles. The Morgan fingerprint density at radius 2 is 1.26 bits per heavy atom. The molecule has 0 heterocycles. The molecule has 1 aliphatic rings. The van der Waals surface area contributed by atoms with Gasteiger partial charge in [-0.25, -0.2) is 4.79 Å². The summed E-state index contributed by atoms with van der Waals surface area (Å²) in [6.07, 6.45) is 20.2. The lowest BCUT2D eigenvalue weighted by molar-refractivity contribution is 0.282. The number of rotatable bonds is 15. The molecule has 0 aromatic heterocycles. The van der Waals surface area contributed by atoms with Crippen LogP contribution in [0.3, 0.4) is 0 Å². The third-order valence-corrected chi connectivity index (χ3v) is 6.43. The van der Waals surface area contributed by atoms with E-state index in [1.54, 1.807) is 0 Å². The van der Waals surface area contributed by atoms with Gasteiger partial charge in [0.2, 0.25) is 0 Å². The Morgan fingerprint density at radius 3 is 1.70 bits per heavy atom. The molecule has 0 aromatic carbocycles. The molecular formula is C25H44O2. The van der Waals surface area contributed by atoms with Gasteiger partial charge in [0.05, 0.1) is 0 Å². The Morgan fingerprint density at radius 1 is 0.815 bits per heavy atom. The van der Waals surface area contributed by atoms with Gasteiger partial charge in [0.1, 0.15) is 5.94 Å². The van der Waals surface area contributed by atoms with Gasteiger partial charge in [-0.1, -0.05) is 90.0 Å². The van der Waals surface area contributed by atoms with E-state index in [1.807, 2.05) is 0 Å². The first kappa shape index (κ1) is 24.2. The molecule has 0 saturated heterocycles. The standard InChI is InChI=1S/C25H44O2/c1-22-23(21-27)18-19-25(2,3)24(22)17-15-13-11-9-7-5-4-6-8-10-12-14-16-20-26/h26H,4-20H2,1-3H3. The van der Waals surface area contributed by atoms with Crippen molar-refractivity contribution in [3.8, 4) is 0 Å². The molecule has 1 N–H and O–H groups in total. The van der Waals surface area contributed by atoms with Gasteiger partial charge in [-0.15, -0.1) is 0 Å². The second-order valence-corrected chi connectivity index (χ2v) is 9.14. The van der Waals surface area contributed by atoms with Gasteiger partial charge >= 0.3 is 0 Å². The van der Waals surface area contributed by atoms with Crippen LogP contribution in [0.2, 0.25) is 0 Å². The van der Waals surface area contributed by atoms with Crippen molar-refractivity contribution in [2.45, 2.75) is 124 Å². The summed E-state index contributed by atoms with van der Waals surface area (Å²) in [5.74, 6) is 2.17. The molecule has 0 saturated carbocycles. The first-order valence-corrected chi connectivity index (χ1v) is 11.6. The van der Waals surface area contributed by atoms with E-state index >= 15 is 0 Å². The zero-order chi connectivity index (χ0) is 20.0. The number of carbonyl (C=O) groups excluding carboxylic acids is 1. The van der Waals surface area contributed by atoms with Crippen LogP contribution in [0.25, 0.3) is 0 Å². The number of hydrogen-bond donors (Lipinski definition) is 1. The van der Waals surface area contributed by atoms with E-state index in [0.717, 1.165) is 31.3 Å². The molecule has 27 heavy (non-hydrogen) atoms. The fourth-order valence-electron chi connectivity index (χ4n) is 4.48. The number of hydrogen-bond acceptors (Lipinski definition) is 2. The van der Waals surface area contributed by atoms with Crippen LogP contribution >= 0.6 is 0 Å². The zero-order valence-electron chi connectivity index (χ0n) is 18.4. The summed E-state index contributed by atoms with van der Waals surface area (Å²) in [6, 6.07) is 0. The van der Waals surface area contributed by atoms with Crippen molar-refractivity contribution in [1.29, 1.82) is 0 Å². The van der Waals surface area contributed by atoms with Gasteiger partial charge in [0, 0.05) is 12.2 Å². The maximum atomic E-state index is 11.1. The molecule has 0 fully saturated rings. The minimum absolute atomic E-state index is 0.253. The lowest BCUT2D eigenvalue weighted by atomic mass is 9.70. The van der Waals surface area contributed by atoms with Crippen molar-refractivity contribution in [1.82, 2.24) is 0 Å². The summed E-state index contributed by atoms with van der Waals surface area (Å²) in [5, 5.41) is 8.75. The van der Waals surface area contributed by atoms with E-state index in [-0.39, 0.29) is 5.41 Å². The van der Waals surface area contributed by atoms with Crippen LogP contribution in [0.5, 0.6) is 0 Å². The predicted octanol–water partition coefficient (Wildman–Crippen LogP) is 7.33. The highest BCUT2D eigenvalue weighted by molar-refractivity contribution is 5.62. The van der Waals surface area contributed by atoms with Gasteiger partial charge in [-0.3, -0.25) is 0 Å². The molecule has 0 unspecified atom stereocenters. The molecule has 0 aliphatic heterocycles. The van der Waals surface area contributed by atoms with Crippen LogP contribution in [0.4, 0.5) is 0 Å². The third-order valence-electron chi connectivity index (χ3n) is 6.43. The molecule has 1 rings (SSSR count). The number of aliphatic hydroxyl groups excluding tert-OH is 1. The van der Waals surface area contributed by atoms with Gasteiger partial charge in [-0.05, 0) is 50.0 Å². The topological polar surface area (TPSA) is 37.3 Å². The van der Waals surface area contributed by atoms with Crippen LogP contribution in [0, 0.1) is 5.41 Å². The van der Waals surface area contributed by atoms with Gasteiger partial charge in [0.25, 0.3) is 0 Å². The van der Waals surface area contributed by atoms with Crippen LogP contribution < -0.4 is 0 Å². The zero-order valence-corrected chi connectivity index (χ0v) is 18.4. The Bertz CT molecular complexity index is 481. The fraction of sp³-hybridized carbons (Fsp3) is 0.840.